The molecule has 24 nitrogen and oxygen atoms in total. The molecule has 2 fully saturated rings. The van der Waals surface area contributed by atoms with Crippen molar-refractivity contribution in [3.05, 3.63) is 206 Å². The van der Waals surface area contributed by atoms with E-state index >= 15 is 0 Å². The van der Waals surface area contributed by atoms with Crippen LogP contribution in [0.25, 0.3) is 89.6 Å². The van der Waals surface area contributed by atoms with Gasteiger partial charge in [0.25, 0.3) is 0 Å². The van der Waals surface area contributed by atoms with Crippen LogP contribution in [0.5, 0.6) is 0 Å². The van der Waals surface area contributed by atoms with E-state index in [-0.39, 0.29) is 47.3 Å². The summed E-state index contributed by atoms with van der Waals surface area (Å²) in [6.07, 6.45) is 12.3. The Morgan fingerprint density at radius 1 is 0.505 bits per heavy atom. The normalized spacial score (nSPS) is 13.6. The predicted molar refractivity (Wildman–Crippen MR) is 358 cm³/mol. The van der Waals surface area contributed by atoms with Gasteiger partial charge in [-0.15, -0.1) is 0 Å². The van der Waals surface area contributed by atoms with E-state index in [1.165, 1.54) is 0 Å². The summed E-state index contributed by atoms with van der Waals surface area (Å²) in [5, 5.41) is 19.8. The van der Waals surface area contributed by atoms with Crippen molar-refractivity contribution in [1.29, 1.82) is 0 Å². The van der Waals surface area contributed by atoms with E-state index in [0.717, 1.165) is 68.3 Å². The van der Waals surface area contributed by atoms with E-state index in [0.29, 0.717) is 97.6 Å². The van der Waals surface area contributed by atoms with Gasteiger partial charge in [0.15, 0.2) is 11.6 Å². The van der Waals surface area contributed by atoms with E-state index < -0.39 is 11.7 Å². The number of piperidine rings is 2. The summed E-state index contributed by atoms with van der Waals surface area (Å²) >= 11 is 0. The van der Waals surface area contributed by atoms with Crippen LogP contribution in [0.3, 0.4) is 0 Å². The average Bonchev–Trinajstić information content (AvgIpc) is 1.39. The highest BCUT2D eigenvalue weighted by Crippen LogP contribution is 2.37. The van der Waals surface area contributed by atoms with E-state index in [9.17, 15) is 14.4 Å². The van der Waals surface area contributed by atoms with Gasteiger partial charge in [0.2, 0.25) is 11.6 Å². The lowest BCUT2D eigenvalue weighted by molar-refractivity contribution is 0.0468. The quantitative estimate of drug-likeness (QED) is 0.0741. The Balaban J connectivity index is 0.000000174. The van der Waals surface area contributed by atoms with Crippen LogP contribution in [-0.2, 0) is 17.8 Å². The molecule has 2 aliphatic rings. The molecule has 2 saturated heterocycles. The molecule has 2 aliphatic heterocycles. The average molecular weight is 1270 g/mol. The summed E-state index contributed by atoms with van der Waals surface area (Å²) in [4.78, 5) is 88.2. The minimum Gasteiger partial charge on any atom is -0.444 e. The van der Waals surface area contributed by atoms with Crippen molar-refractivity contribution in [2.75, 3.05) is 36.8 Å². The molecule has 5 N–H and O–H groups in total. The molecule has 0 bridgehead atoms. The van der Waals surface area contributed by atoms with Crippen molar-refractivity contribution >= 4 is 51.3 Å². The maximum absolute atomic E-state index is 13.3. The number of rotatable bonds is 15. The molecule has 3 amide bonds. The van der Waals surface area contributed by atoms with Gasteiger partial charge in [0, 0.05) is 97.7 Å². The van der Waals surface area contributed by atoms with Gasteiger partial charge >= 0.3 is 29.7 Å². The van der Waals surface area contributed by atoms with Gasteiger partial charge in [-0.05, 0) is 117 Å². The third-order valence-corrected chi connectivity index (χ3v) is 16.0. The number of alkyl carbamates (subject to hydrolysis) is 1. The van der Waals surface area contributed by atoms with Gasteiger partial charge in [-0.25, -0.2) is 24.7 Å². The van der Waals surface area contributed by atoms with Gasteiger partial charge in [-0.1, -0.05) is 107 Å². The molecule has 0 aliphatic carbocycles. The molecule has 0 saturated carbocycles. The molecule has 14 rings (SSSR count). The van der Waals surface area contributed by atoms with E-state index in [1.54, 1.807) is 47.0 Å². The number of nitrogens with zero attached hydrogens (tertiary/aromatic N) is 14. The molecule has 24 heteroatoms. The standard InChI is InChI=1S/C38H37N9O4.C33H29N9O2/c1-38(2,3)50-37(49)42-27-15-18-47(19-16-27)36(48)35-45-33(46-51-35)26-20-25(21-39-22-26)32-43-30-14-9-13-29(24-10-5-4-6-11-24)31(30)34(44-32)41-23-28-12-7-8-17-40-28;34-24-12-15-42(16-13-24)33(43)32-40-30(41-44-32)23-17-22(18-35-19-23)29-38-27-11-6-10-26(21-7-2-1-3-8-21)28(27)31(39-29)37-20-25-9-4-5-14-36-25/h4-14,17,20-22,27H,15-16,18-19,23H2,1-3H3,(H,42,49)(H,41,43,44);1-11,14,17-19,24H,12-13,15-16,20,34H2,(H,37,38,39). The summed E-state index contributed by atoms with van der Waals surface area (Å²) in [6, 6.07) is 47.6. The number of pyridine rings is 4. The number of hydrogen-bond donors (Lipinski definition) is 4. The third-order valence-electron chi connectivity index (χ3n) is 16.0. The second-order valence-corrected chi connectivity index (χ2v) is 23.9. The number of fused-ring (bicyclic) bond motifs is 2. The molecule has 4 aromatic carbocycles. The number of amides is 3. The minimum atomic E-state index is -0.582. The highest BCUT2D eigenvalue weighted by Gasteiger charge is 2.31. The van der Waals surface area contributed by atoms with Gasteiger partial charge in [-0.3, -0.25) is 29.5 Å². The molecule has 8 aromatic heterocycles. The van der Waals surface area contributed by atoms with Gasteiger partial charge in [-0.2, -0.15) is 9.97 Å². The lowest BCUT2D eigenvalue weighted by atomic mass is 10.0. The fourth-order valence-corrected chi connectivity index (χ4v) is 11.2. The summed E-state index contributed by atoms with van der Waals surface area (Å²) < 4.78 is 16.1. The number of ether oxygens (including phenoxy) is 1. The van der Waals surface area contributed by atoms with Crippen LogP contribution in [-0.4, -0.2) is 132 Å². The predicted octanol–water partition coefficient (Wildman–Crippen LogP) is 11.5. The molecule has 0 atom stereocenters. The van der Waals surface area contributed by atoms with Crippen LogP contribution in [0.1, 0.15) is 79.2 Å². The summed E-state index contributed by atoms with van der Waals surface area (Å²) in [6.45, 7) is 8.38. The number of likely N-dealkylation sites (tertiary alicyclic amines) is 2. The van der Waals surface area contributed by atoms with Crippen LogP contribution in [0.15, 0.2) is 192 Å². The molecule has 95 heavy (non-hydrogen) atoms. The second kappa shape index (κ2) is 28.0. The SMILES string of the molecule is CC(C)(C)OC(=O)NC1CCN(C(=O)c2nc(-c3cncc(-c4nc(NCc5ccccn5)c5c(-c6ccccc6)cccc5n4)c3)no2)CC1.NC1CCN(C(=O)c2nc(-c3cncc(-c4nc(NCc5ccccn5)c5c(-c6ccccc6)cccc5n4)c3)no2)CC1. The zero-order valence-electron chi connectivity index (χ0n) is 52.3. The van der Waals surface area contributed by atoms with Crippen LogP contribution < -0.4 is 21.7 Å². The first-order valence-electron chi connectivity index (χ1n) is 31.2. The number of anilines is 2. The van der Waals surface area contributed by atoms with Crippen molar-refractivity contribution in [3.8, 4) is 67.8 Å². The maximum Gasteiger partial charge on any atom is 0.407 e. The fourth-order valence-electron chi connectivity index (χ4n) is 11.2. The van der Waals surface area contributed by atoms with E-state index in [4.69, 9.17) is 39.5 Å². The fraction of sp³-hybridized carbons (Fsp3) is 0.225. The maximum atomic E-state index is 13.3. The minimum absolute atomic E-state index is 0.0581. The van der Waals surface area contributed by atoms with Gasteiger partial charge < -0.3 is 45.3 Å². The monoisotopic (exact) mass is 1270 g/mol. The lowest BCUT2D eigenvalue weighted by Gasteiger charge is -2.32. The van der Waals surface area contributed by atoms with Crippen LogP contribution >= 0.6 is 0 Å². The molecule has 0 unspecified atom stereocenters. The first-order valence-corrected chi connectivity index (χ1v) is 31.2. The Morgan fingerprint density at radius 2 is 0.937 bits per heavy atom. The van der Waals surface area contributed by atoms with Gasteiger partial charge in [0.05, 0.1) is 46.3 Å². The summed E-state index contributed by atoms with van der Waals surface area (Å²) in [7, 11) is 0. The van der Waals surface area contributed by atoms with Crippen molar-refractivity contribution in [2.24, 2.45) is 5.73 Å². The number of nitrogens with two attached hydrogens (primary N) is 1. The van der Waals surface area contributed by atoms with Crippen LogP contribution in [0.4, 0.5) is 16.4 Å². The highest BCUT2D eigenvalue weighted by atomic mass is 16.6. The Morgan fingerprint density at radius 3 is 1.37 bits per heavy atom. The van der Waals surface area contributed by atoms with E-state index in [1.807, 2.05) is 130 Å². The smallest absolute Gasteiger partial charge is 0.407 e. The molecule has 476 valence electrons. The summed E-state index contributed by atoms with van der Waals surface area (Å²) in [5.74, 6) is 1.89. The number of hydrogen-bond acceptors (Lipinski definition) is 21. The first kappa shape index (κ1) is 62.0. The van der Waals surface area contributed by atoms with Crippen LogP contribution in [0, 0.1) is 0 Å². The first-order chi connectivity index (χ1) is 46.3. The van der Waals surface area contributed by atoms with E-state index in [2.05, 4.69) is 92.6 Å². The molecular weight excluding hydrogens is 1200 g/mol. The second-order valence-electron chi connectivity index (χ2n) is 23.9. The number of carbonyl (C=O) groups is 3. The van der Waals surface area contributed by atoms with Crippen molar-refractivity contribution in [1.82, 2.24) is 75.3 Å². The van der Waals surface area contributed by atoms with Crippen molar-refractivity contribution < 1.29 is 28.2 Å². The summed E-state index contributed by atoms with van der Waals surface area (Å²) in [5.41, 5.74) is 15.2. The molecular formula is C71H66N18O6. The zero-order valence-corrected chi connectivity index (χ0v) is 52.3. The van der Waals surface area contributed by atoms with Crippen molar-refractivity contribution in [2.45, 2.75) is 77.2 Å². The Labute approximate surface area is 545 Å². The number of benzene rings is 4. The highest BCUT2D eigenvalue weighted by molar-refractivity contribution is 6.04. The molecule has 12 aromatic rings. The number of carbonyl (C=O) groups excluding carboxylic acids is 3. The van der Waals surface area contributed by atoms with Gasteiger partial charge in [0.1, 0.15) is 17.2 Å². The lowest BCUT2D eigenvalue weighted by Crippen LogP contribution is -2.47. The Hall–Kier alpha value is -11.8. The largest absolute Gasteiger partial charge is 0.444 e. The van der Waals surface area contributed by atoms with Crippen LogP contribution in [0.2, 0.25) is 0 Å². The number of nitrogens with one attached hydrogen (secondary N) is 3. The zero-order chi connectivity index (χ0) is 65.3. The number of aromatic nitrogens is 12. The van der Waals surface area contributed by atoms with Crippen molar-refractivity contribution in [3.63, 3.8) is 0 Å². The molecule has 10 heterocycles. The Bertz CT molecular complexity index is 4670. The third kappa shape index (κ3) is 14.8. The molecule has 0 radical (unpaired) electrons. The topological polar surface area (TPSA) is 310 Å². The Kier molecular flexibility index (Phi) is 18.3. The molecule has 0 spiro atoms.